The molecule has 0 amide bonds. The predicted molar refractivity (Wildman–Crippen MR) is 148 cm³/mol. The second-order valence-corrected chi connectivity index (χ2v) is 11.0. The molecule has 2 aromatic carbocycles. The Hall–Kier alpha value is -3.04. The van der Waals surface area contributed by atoms with Gasteiger partial charge in [-0.1, -0.05) is 32.3 Å². The van der Waals surface area contributed by atoms with Crippen LogP contribution in [-0.4, -0.2) is 35.3 Å². The number of phenolic OH excluding ortho intramolecular Hbond substituents is 1. The van der Waals surface area contributed by atoms with E-state index in [1.165, 1.54) is 6.07 Å². The molecule has 218 valence electrons. The van der Waals surface area contributed by atoms with Gasteiger partial charge in [0.2, 0.25) is 11.2 Å². The number of hydrogen-bond donors (Lipinski definition) is 1. The van der Waals surface area contributed by atoms with E-state index in [0.717, 1.165) is 36.8 Å². The van der Waals surface area contributed by atoms with E-state index < -0.39 is 23.1 Å². The molecule has 1 N–H and O–H groups in total. The molecule has 6 nitrogen and oxygen atoms in total. The molecule has 1 aromatic heterocycles. The zero-order chi connectivity index (χ0) is 29.2. The highest BCUT2D eigenvalue weighted by Crippen LogP contribution is 2.41. The monoisotopic (exact) mass is 561 g/mol. The van der Waals surface area contributed by atoms with Crippen LogP contribution < -0.4 is 10.2 Å². The molecule has 0 spiro atoms. The number of aromatic hydroxyl groups is 1. The van der Waals surface area contributed by atoms with Gasteiger partial charge in [0, 0.05) is 19.6 Å². The zero-order valence-electron chi connectivity index (χ0n) is 23.8. The normalized spacial score (nSPS) is 18.4. The van der Waals surface area contributed by atoms with Crippen LogP contribution in [0.4, 0.5) is 13.2 Å². The van der Waals surface area contributed by atoms with Crippen molar-refractivity contribution < 1.29 is 32.2 Å². The summed E-state index contributed by atoms with van der Waals surface area (Å²) in [6.45, 7) is 10.7. The maximum atomic E-state index is 14.3. The molecular formula is C31H38F3NO5. The lowest BCUT2D eigenvalue weighted by molar-refractivity contribution is -0.154. The molecule has 1 aliphatic rings. The number of unbranched alkanes of at least 4 members (excludes halogenated alkanes) is 3. The van der Waals surface area contributed by atoms with Gasteiger partial charge < -0.3 is 19.0 Å². The van der Waals surface area contributed by atoms with Crippen molar-refractivity contribution in [2.24, 2.45) is 0 Å². The first-order chi connectivity index (χ1) is 18.9. The van der Waals surface area contributed by atoms with Gasteiger partial charge in [0.25, 0.3) is 5.76 Å². The standard InChI is InChI=1S/C31H38F3NO5/c1-6-7-8-9-10-22-14-24-27(37)29(39-23-12-18(2)11-19(3)13-23)30(31(32,33)34)40-28(24)25(26(22)36)17-35-15-20(4)38-21(5)16-35/h11-14,20-21,36H,6-10,15-17H2,1-5H3/t20-,21+. The highest BCUT2D eigenvalue weighted by atomic mass is 19.4. The fourth-order valence-electron chi connectivity index (χ4n) is 5.54. The molecule has 2 heterocycles. The molecule has 4 rings (SSSR count). The zero-order valence-corrected chi connectivity index (χ0v) is 23.8. The number of hydrogen-bond acceptors (Lipinski definition) is 6. The summed E-state index contributed by atoms with van der Waals surface area (Å²) in [5.74, 6) is -2.45. The molecule has 1 saturated heterocycles. The van der Waals surface area contributed by atoms with E-state index in [2.05, 4.69) is 6.92 Å². The van der Waals surface area contributed by atoms with Gasteiger partial charge in [0.05, 0.1) is 23.2 Å². The van der Waals surface area contributed by atoms with Gasteiger partial charge in [-0.3, -0.25) is 9.69 Å². The van der Waals surface area contributed by atoms with Gasteiger partial charge in [-0.2, -0.15) is 13.2 Å². The molecule has 0 bridgehead atoms. The van der Waals surface area contributed by atoms with E-state index in [0.29, 0.717) is 25.1 Å². The van der Waals surface area contributed by atoms with E-state index in [-0.39, 0.29) is 46.8 Å². The van der Waals surface area contributed by atoms with E-state index in [4.69, 9.17) is 13.9 Å². The fourth-order valence-corrected chi connectivity index (χ4v) is 5.54. The molecule has 0 aliphatic carbocycles. The maximum Gasteiger partial charge on any atom is 0.453 e. The fraction of sp³-hybridized carbons (Fsp3) is 0.516. The van der Waals surface area contributed by atoms with Crippen LogP contribution in [-0.2, 0) is 23.9 Å². The molecule has 9 heteroatoms. The van der Waals surface area contributed by atoms with Gasteiger partial charge in [-0.25, -0.2) is 0 Å². The highest BCUT2D eigenvalue weighted by Gasteiger charge is 2.41. The Balaban J connectivity index is 1.90. The van der Waals surface area contributed by atoms with E-state index in [1.807, 2.05) is 24.8 Å². The topological polar surface area (TPSA) is 72.1 Å². The Kier molecular flexibility index (Phi) is 9.15. The molecule has 0 radical (unpaired) electrons. The van der Waals surface area contributed by atoms with Crippen molar-refractivity contribution >= 4 is 11.0 Å². The van der Waals surface area contributed by atoms with Crippen molar-refractivity contribution in [1.29, 1.82) is 0 Å². The van der Waals surface area contributed by atoms with Crippen LogP contribution in [0, 0.1) is 13.8 Å². The van der Waals surface area contributed by atoms with Crippen molar-refractivity contribution in [1.82, 2.24) is 4.90 Å². The Bertz CT molecular complexity index is 1380. The van der Waals surface area contributed by atoms with Crippen LogP contribution in [0.3, 0.4) is 0 Å². The van der Waals surface area contributed by atoms with Crippen LogP contribution in [0.15, 0.2) is 33.5 Å². The molecule has 40 heavy (non-hydrogen) atoms. The predicted octanol–water partition coefficient (Wildman–Crippen LogP) is 7.66. The maximum absolute atomic E-state index is 14.3. The average Bonchev–Trinajstić information content (AvgIpc) is 2.84. The number of fused-ring (bicyclic) bond motifs is 1. The van der Waals surface area contributed by atoms with Crippen molar-refractivity contribution in [3.63, 3.8) is 0 Å². The number of rotatable bonds is 9. The number of nitrogens with zero attached hydrogens (tertiary/aromatic N) is 1. The molecule has 0 unspecified atom stereocenters. The quantitative estimate of drug-likeness (QED) is 0.271. The van der Waals surface area contributed by atoms with E-state index in [9.17, 15) is 23.1 Å². The van der Waals surface area contributed by atoms with Crippen molar-refractivity contribution in [3.05, 3.63) is 62.5 Å². The lowest BCUT2D eigenvalue weighted by atomic mass is 9.98. The highest BCUT2D eigenvalue weighted by molar-refractivity contribution is 5.85. The lowest BCUT2D eigenvalue weighted by Gasteiger charge is -2.35. The molecule has 2 atom stereocenters. The molecule has 3 aromatic rings. The van der Waals surface area contributed by atoms with Gasteiger partial charge >= 0.3 is 6.18 Å². The summed E-state index contributed by atoms with van der Waals surface area (Å²) in [5, 5.41) is 11.3. The summed E-state index contributed by atoms with van der Waals surface area (Å²) in [5.41, 5.74) is 1.05. The van der Waals surface area contributed by atoms with Crippen LogP contribution in [0.1, 0.15) is 74.5 Å². The summed E-state index contributed by atoms with van der Waals surface area (Å²) in [6.07, 6.45) is -0.940. The third-order valence-electron chi connectivity index (χ3n) is 7.14. The summed E-state index contributed by atoms with van der Waals surface area (Å²) in [4.78, 5) is 15.8. The van der Waals surface area contributed by atoms with Crippen molar-refractivity contribution in [2.45, 2.75) is 91.7 Å². The smallest absolute Gasteiger partial charge is 0.453 e. The second kappa shape index (κ2) is 12.2. The minimum Gasteiger partial charge on any atom is -0.507 e. The number of ether oxygens (including phenoxy) is 2. The first kappa shape index (κ1) is 29.9. The first-order valence-corrected chi connectivity index (χ1v) is 13.9. The summed E-state index contributed by atoms with van der Waals surface area (Å²) in [6, 6.07) is 6.45. The van der Waals surface area contributed by atoms with Gasteiger partial charge in [-0.15, -0.1) is 0 Å². The summed E-state index contributed by atoms with van der Waals surface area (Å²) in [7, 11) is 0. The minimum atomic E-state index is -5.00. The van der Waals surface area contributed by atoms with Crippen molar-refractivity contribution in [3.8, 4) is 17.2 Å². The average molecular weight is 562 g/mol. The Morgan fingerprint density at radius 2 is 1.68 bits per heavy atom. The SMILES string of the molecule is CCCCCCc1cc2c(=O)c(Oc3cc(C)cc(C)c3)c(C(F)(F)F)oc2c(CN2C[C@@H](C)O[C@@H](C)C2)c1O. The summed E-state index contributed by atoms with van der Waals surface area (Å²) >= 11 is 0. The first-order valence-electron chi connectivity index (χ1n) is 13.9. The van der Waals surface area contributed by atoms with Crippen LogP contribution in [0.2, 0.25) is 0 Å². The molecule has 1 aliphatic heterocycles. The third-order valence-corrected chi connectivity index (χ3v) is 7.14. The van der Waals surface area contributed by atoms with E-state index >= 15 is 0 Å². The van der Waals surface area contributed by atoms with Gasteiger partial charge in [0.15, 0.2) is 0 Å². The van der Waals surface area contributed by atoms with Crippen LogP contribution >= 0.6 is 0 Å². The largest absolute Gasteiger partial charge is 0.507 e. The number of halogens is 3. The number of morpholine rings is 1. The Labute approximate surface area is 232 Å². The summed E-state index contributed by atoms with van der Waals surface area (Å²) < 4.78 is 59.9. The van der Waals surface area contributed by atoms with Gasteiger partial charge in [-0.05, 0) is 75.4 Å². The molecule has 1 fully saturated rings. The number of phenols is 1. The minimum absolute atomic E-state index is 0.0416. The van der Waals surface area contributed by atoms with Crippen LogP contribution in [0.5, 0.6) is 17.2 Å². The van der Waals surface area contributed by atoms with Crippen LogP contribution in [0.25, 0.3) is 11.0 Å². The second-order valence-electron chi connectivity index (χ2n) is 11.0. The lowest BCUT2D eigenvalue weighted by Crippen LogP contribution is -2.44. The number of benzene rings is 2. The molecule has 0 saturated carbocycles. The van der Waals surface area contributed by atoms with Gasteiger partial charge in [0.1, 0.15) is 17.1 Å². The molecular weight excluding hydrogens is 523 g/mol. The van der Waals surface area contributed by atoms with E-state index in [1.54, 1.807) is 26.0 Å². The number of aryl methyl sites for hydroxylation is 3. The third kappa shape index (κ3) is 6.81. The van der Waals surface area contributed by atoms with Crippen molar-refractivity contribution in [2.75, 3.05) is 13.1 Å². The Morgan fingerprint density at radius 3 is 2.27 bits per heavy atom. The Morgan fingerprint density at radius 1 is 1.02 bits per heavy atom. The number of alkyl halides is 3.